The van der Waals surface area contributed by atoms with E-state index >= 15 is 0 Å². The van der Waals surface area contributed by atoms with Crippen molar-refractivity contribution < 1.29 is 22.9 Å². The van der Waals surface area contributed by atoms with Crippen molar-refractivity contribution in [3.63, 3.8) is 0 Å². The molecular formula is C11H25NaO5S3. The van der Waals surface area contributed by atoms with Gasteiger partial charge >= 0.3 is 44.7 Å². The molecule has 0 rings (SSSR count). The van der Waals surface area contributed by atoms with E-state index in [2.05, 4.69) is 38.1 Å². The van der Waals surface area contributed by atoms with Crippen LogP contribution in [0, 0.1) is 5.92 Å². The van der Waals surface area contributed by atoms with Gasteiger partial charge in [-0.05, 0) is 24.0 Å². The molecular weight excluding hydrogens is 331 g/mol. The molecule has 0 aliphatic carbocycles. The van der Waals surface area contributed by atoms with E-state index in [-0.39, 0.29) is 41.2 Å². The minimum absolute atomic E-state index is 0. The summed E-state index contributed by atoms with van der Waals surface area (Å²) >= 11 is 6.88. The molecule has 118 valence electrons. The van der Waals surface area contributed by atoms with Crippen molar-refractivity contribution in [1.82, 2.24) is 0 Å². The molecule has 0 aromatic carbocycles. The van der Waals surface area contributed by atoms with Crippen molar-refractivity contribution in [2.45, 2.75) is 57.6 Å². The molecule has 1 unspecified atom stereocenters. The van der Waals surface area contributed by atoms with Crippen molar-refractivity contribution in [2.24, 2.45) is 5.92 Å². The monoisotopic (exact) mass is 356 g/mol. The third-order valence-corrected chi connectivity index (χ3v) is 2.67. The molecule has 1 atom stereocenters. The van der Waals surface area contributed by atoms with E-state index in [0.717, 1.165) is 18.8 Å². The predicted octanol–water partition coefficient (Wildman–Crippen LogP) is 2.44. The first-order valence-electron chi connectivity index (χ1n) is 6.12. The molecule has 20 heavy (non-hydrogen) atoms. The van der Waals surface area contributed by atoms with E-state index < -0.39 is 15.1 Å². The maximum atomic E-state index is 10.3. The summed E-state index contributed by atoms with van der Waals surface area (Å²) < 4.78 is 25.5. The van der Waals surface area contributed by atoms with Crippen molar-refractivity contribution in [2.75, 3.05) is 0 Å². The standard InChI is InChI=1S/C11H22O2S.Na.H2O3S2.H/c1-9(2)6-4-3-5-7-10(14)8-11(12)13;;1-5(2,3)4;/h9-10,14H,3-8H2,1-2H3,(H,12,13);;(H2,1,2,3,4);. The second kappa shape index (κ2) is 15.0. The summed E-state index contributed by atoms with van der Waals surface area (Å²) in [5, 5.41) is 8.54. The topological polar surface area (TPSA) is 91.7 Å². The molecule has 0 aliphatic rings. The number of aliphatic carboxylic acids is 1. The van der Waals surface area contributed by atoms with Crippen LogP contribution in [0.5, 0.6) is 0 Å². The molecule has 0 amide bonds. The van der Waals surface area contributed by atoms with Gasteiger partial charge in [0.25, 0.3) is 0 Å². The van der Waals surface area contributed by atoms with Crippen LogP contribution in [0.25, 0.3) is 0 Å². The number of hydrogen-bond acceptors (Lipinski definition) is 4. The molecule has 0 saturated carbocycles. The average Bonchev–Trinajstić information content (AvgIpc) is 2.12. The molecule has 0 saturated heterocycles. The third-order valence-electron chi connectivity index (χ3n) is 2.23. The number of hydrogen-bond donors (Lipinski definition) is 4. The van der Waals surface area contributed by atoms with Gasteiger partial charge in [-0.3, -0.25) is 9.35 Å². The first-order valence-corrected chi connectivity index (χ1v) is 9.13. The van der Waals surface area contributed by atoms with Crippen LogP contribution in [0.3, 0.4) is 0 Å². The Morgan fingerprint density at radius 1 is 1.15 bits per heavy atom. The fourth-order valence-electron chi connectivity index (χ4n) is 1.41. The minimum atomic E-state index is -3.97. The Labute approximate surface area is 154 Å². The van der Waals surface area contributed by atoms with Gasteiger partial charge < -0.3 is 5.11 Å². The zero-order chi connectivity index (χ0) is 15.5. The number of thiol groups is 2. The summed E-state index contributed by atoms with van der Waals surface area (Å²) in [6.07, 6.45) is 5.95. The molecule has 0 heterocycles. The Bertz CT molecular complexity index is 325. The molecule has 0 spiro atoms. The summed E-state index contributed by atoms with van der Waals surface area (Å²) in [5.74, 6) is 0.0352. The Morgan fingerprint density at radius 3 is 1.90 bits per heavy atom. The van der Waals surface area contributed by atoms with E-state index in [1.54, 1.807) is 0 Å². The maximum absolute atomic E-state index is 10.3. The Kier molecular flexibility index (Phi) is 19.5. The zero-order valence-corrected chi connectivity index (χ0v) is 13.9. The summed E-state index contributed by atoms with van der Waals surface area (Å²) in [6.45, 7) is 4.46. The molecule has 0 bridgehead atoms. The van der Waals surface area contributed by atoms with E-state index in [4.69, 9.17) is 18.1 Å². The van der Waals surface area contributed by atoms with Gasteiger partial charge in [0, 0.05) is 5.25 Å². The summed E-state index contributed by atoms with van der Waals surface area (Å²) in [4.78, 5) is 10.3. The Balaban J connectivity index is -0.000000414. The van der Waals surface area contributed by atoms with Crippen LogP contribution in [0.1, 0.15) is 52.4 Å². The van der Waals surface area contributed by atoms with Gasteiger partial charge in [0.15, 0.2) is 0 Å². The van der Waals surface area contributed by atoms with Crippen molar-refractivity contribution >= 4 is 69.0 Å². The molecule has 0 aromatic heterocycles. The quantitative estimate of drug-likeness (QED) is 0.176. The van der Waals surface area contributed by atoms with Gasteiger partial charge in [-0.25, -0.2) is 0 Å². The van der Waals surface area contributed by atoms with Crippen LogP contribution in [0.4, 0.5) is 0 Å². The normalized spacial score (nSPS) is 12.1. The van der Waals surface area contributed by atoms with E-state index in [1.807, 2.05) is 0 Å². The van der Waals surface area contributed by atoms with Crippen LogP contribution >= 0.6 is 24.3 Å². The molecule has 2 N–H and O–H groups in total. The van der Waals surface area contributed by atoms with Gasteiger partial charge in [0.1, 0.15) is 0 Å². The van der Waals surface area contributed by atoms with Gasteiger partial charge in [0.2, 0.25) is 0 Å². The Hall–Kier alpha value is 1.08. The summed E-state index contributed by atoms with van der Waals surface area (Å²) in [6, 6.07) is 0. The molecule has 0 radical (unpaired) electrons. The average molecular weight is 357 g/mol. The zero-order valence-electron chi connectivity index (χ0n) is 11.3. The predicted molar refractivity (Wildman–Crippen MR) is 90.6 cm³/mol. The van der Waals surface area contributed by atoms with Crippen molar-refractivity contribution in [3.05, 3.63) is 0 Å². The summed E-state index contributed by atoms with van der Waals surface area (Å²) in [7, 11) is -3.97. The number of unbranched alkanes of at least 4 members (excludes halogenated alkanes) is 2. The van der Waals surface area contributed by atoms with E-state index in [9.17, 15) is 4.79 Å². The second-order valence-corrected chi connectivity index (χ2v) is 7.74. The molecule has 0 aromatic rings. The van der Waals surface area contributed by atoms with Gasteiger partial charge in [-0.15, -0.1) is 0 Å². The fraction of sp³-hybridized carbons (Fsp3) is 0.909. The number of rotatable bonds is 8. The Morgan fingerprint density at radius 2 is 1.55 bits per heavy atom. The van der Waals surface area contributed by atoms with E-state index in [1.165, 1.54) is 19.3 Å². The van der Waals surface area contributed by atoms with E-state index in [0.29, 0.717) is 0 Å². The first-order chi connectivity index (χ1) is 8.52. The first kappa shape index (κ1) is 26.0. The van der Waals surface area contributed by atoms with Crippen molar-refractivity contribution in [1.29, 1.82) is 0 Å². The van der Waals surface area contributed by atoms with Gasteiger partial charge in [-0.1, -0.05) is 39.5 Å². The fourth-order valence-corrected chi connectivity index (χ4v) is 1.75. The SMILES string of the molecule is CC(C)CCCCCC(S)CC(=O)O.O=S(=O)(O)S.[NaH]. The number of carboxylic acids is 1. The number of carbonyl (C=O) groups is 1. The molecule has 5 nitrogen and oxygen atoms in total. The van der Waals surface area contributed by atoms with Crippen LogP contribution in [-0.4, -0.2) is 58.9 Å². The third kappa shape index (κ3) is 36.5. The van der Waals surface area contributed by atoms with Gasteiger partial charge in [-0.2, -0.15) is 21.0 Å². The molecule has 9 heteroatoms. The van der Waals surface area contributed by atoms with Crippen LogP contribution in [0.2, 0.25) is 0 Å². The van der Waals surface area contributed by atoms with Crippen molar-refractivity contribution in [3.8, 4) is 0 Å². The van der Waals surface area contributed by atoms with Crippen LogP contribution < -0.4 is 0 Å². The summed E-state index contributed by atoms with van der Waals surface area (Å²) in [5.41, 5.74) is 0. The second-order valence-electron chi connectivity index (χ2n) is 4.73. The molecule has 0 aliphatic heterocycles. The number of carboxylic acid groups (broad SMARTS) is 1. The molecule has 0 fully saturated rings. The van der Waals surface area contributed by atoms with Gasteiger partial charge in [0.05, 0.1) is 6.42 Å². The van der Waals surface area contributed by atoms with Crippen LogP contribution in [-0.2, 0) is 13.9 Å². The van der Waals surface area contributed by atoms with Crippen LogP contribution in [0.15, 0.2) is 0 Å².